The van der Waals surface area contributed by atoms with E-state index in [0.717, 1.165) is 4.88 Å². The van der Waals surface area contributed by atoms with Gasteiger partial charge in [0, 0.05) is 11.4 Å². The van der Waals surface area contributed by atoms with E-state index in [0.29, 0.717) is 6.54 Å². The molecule has 2 N–H and O–H groups in total. The zero-order valence-electron chi connectivity index (χ0n) is 11.3. The second-order valence-electron chi connectivity index (χ2n) is 4.52. The first-order chi connectivity index (χ1) is 9.29. The Bertz CT molecular complexity index is 407. The highest BCUT2D eigenvalue weighted by Gasteiger charge is 2.26. The van der Waals surface area contributed by atoms with E-state index in [9.17, 15) is 18.0 Å². The first-order valence-electron chi connectivity index (χ1n) is 6.03. The van der Waals surface area contributed by atoms with Crippen molar-refractivity contribution in [3.05, 3.63) is 22.4 Å². The lowest BCUT2D eigenvalue weighted by Crippen LogP contribution is -2.41. The van der Waals surface area contributed by atoms with Crippen LogP contribution in [0.3, 0.4) is 0 Å². The number of carbonyl (C=O) groups is 1. The van der Waals surface area contributed by atoms with E-state index in [4.69, 9.17) is 0 Å². The summed E-state index contributed by atoms with van der Waals surface area (Å²) in [7, 11) is 3.77. The fourth-order valence-electron chi connectivity index (χ4n) is 1.61. The van der Waals surface area contributed by atoms with Gasteiger partial charge in [-0.25, -0.2) is 0 Å². The van der Waals surface area contributed by atoms with E-state index in [1.807, 2.05) is 36.5 Å². The SMILES string of the molecule is CN(C)C(CNC(=O)CNCC(F)(F)F)c1cccs1. The van der Waals surface area contributed by atoms with Crippen LogP contribution in [-0.4, -0.2) is 50.7 Å². The third kappa shape index (κ3) is 6.36. The molecule has 1 aromatic rings. The maximum Gasteiger partial charge on any atom is 0.401 e. The summed E-state index contributed by atoms with van der Waals surface area (Å²) >= 11 is 1.57. The average Bonchev–Trinajstić information content (AvgIpc) is 2.80. The lowest BCUT2D eigenvalue weighted by Gasteiger charge is -2.23. The molecule has 1 unspecified atom stereocenters. The molecule has 1 heterocycles. The molecular formula is C12H18F3N3OS. The van der Waals surface area contributed by atoms with Crippen LogP contribution in [0.4, 0.5) is 13.2 Å². The first-order valence-corrected chi connectivity index (χ1v) is 6.91. The molecule has 0 spiro atoms. The van der Waals surface area contributed by atoms with Crippen molar-refractivity contribution in [3.8, 4) is 0 Å². The minimum Gasteiger partial charge on any atom is -0.353 e. The van der Waals surface area contributed by atoms with Crippen LogP contribution in [0.25, 0.3) is 0 Å². The molecule has 0 aliphatic carbocycles. The predicted octanol–water partition coefficient (Wildman–Crippen LogP) is 1.62. The van der Waals surface area contributed by atoms with Crippen LogP contribution in [0, 0.1) is 0 Å². The maximum atomic E-state index is 11.9. The molecule has 0 saturated heterocycles. The van der Waals surface area contributed by atoms with Crippen molar-refractivity contribution in [3.63, 3.8) is 0 Å². The molecule has 0 fully saturated rings. The number of hydrogen-bond acceptors (Lipinski definition) is 4. The molecule has 0 bridgehead atoms. The molecule has 1 aromatic heterocycles. The van der Waals surface area contributed by atoms with E-state index in [1.54, 1.807) is 11.3 Å². The normalized spacial score (nSPS) is 13.5. The third-order valence-corrected chi connectivity index (χ3v) is 3.57. The van der Waals surface area contributed by atoms with Crippen molar-refractivity contribution < 1.29 is 18.0 Å². The van der Waals surface area contributed by atoms with Gasteiger partial charge in [-0.2, -0.15) is 13.2 Å². The summed E-state index contributed by atoms with van der Waals surface area (Å²) in [5.41, 5.74) is 0. The first kappa shape index (κ1) is 16.9. The zero-order valence-corrected chi connectivity index (χ0v) is 12.1. The van der Waals surface area contributed by atoms with E-state index >= 15 is 0 Å². The second-order valence-corrected chi connectivity index (χ2v) is 5.50. The van der Waals surface area contributed by atoms with E-state index in [-0.39, 0.29) is 12.6 Å². The highest BCUT2D eigenvalue weighted by molar-refractivity contribution is 7.10. The molecule has 1 rings (SSSR count). The Kier molecular flexibility index (Phi) is 6.44. The second kappa shape index (κ2) is 7.61. The fourth-order valence-corrected chi connectivity index (χ4v) is 2.53. The lowest BCUT2D eigenvalue weighted by atomic mass is 10.2. The molecule has 8 heteroatoms. The highest BCUT2D eigenvalue weighted by atomic mass is 32.1. The van der Waals surface area contributed by atoms with Gasteiger partial charge in [-0.05, 0) is 25.5 Å². The number of alkyl halides is 3. The van der Waals surface area contributed by atoms with Gasteiger partial charge in [0.2, 0.25) is 5.91 Å². The standard InChI is InChI=1S/C12H18F3N3OS/c1-18(2)9(10-4-3-5-20-10)6-17-11(19)7-16-8-12(13,14)15/h3-5,9,16H,6-8H2,1-2H3,(H,17,19). The van der Waals surface area contributed by atoms with Crippen molar-refractivity contribution in [2.75, 3.05) is 33.7 Å². The van der Waals surface area contributed by atoms with E-state index in [1.165, 1.54) is 0 Å². The minimum absolute atomic E-state index is 0.0153. The Morgan fingerprint density at radius 3 is 2.65 bits per heavy atom. The molecule has 0 aliphatic heterocycles. The van der Waals surface area contributed by atoms with Gasteiger partial charge in [0.05, 0.1) is 19.1 Å². The number of thiophene rings is 1. The summed E-state index contributed by atoms with van der Waals surface area (Å²) in [6, 6.07) is 3.90. The summed E-state index contributed by atoms with van der Waals surface area (Å²) in [4.78, 5) is 14.5. The molecule has 1 amide bonds. The van der Waals surface area contributed by atoms with Crippen molar-refractivity contribution >= 4 is 17.2 Å². The zero-order chi connectivity index (χ0) is 15.2. The Balaban J connectivity index is 2.35. The van der Waals surface area contributed by atoms with Crippen molar-refractivity contribution in [1.82, 2.24) is 15.5 Å². The van der Waals surface area contributed by atoms with Gasteiger partial charge >= 0.3 is 6.18 Å². The van der Waals surface area contributed by atoms with Gasteiger partial charge in [0.25, 0.3) is 0 Å². The number of amides is 1. The van der Waals surface area contributed by atoms with Crippen molar-refractivity contribution in [2.45, 2.75) is 12.2 Å². The third-order valence-electron chi connectivity index (χ3n) is 2.60. The van der Waals surface area contributed by atoms with Gasteiger partial charge in [-0.3, -0.25) is 4.79 Å². The van der Waals surface area contributed by atoms with Gasteiger partial charge in [-0.15, -0.1) is 11.3 Å². The summed E-state index contributed by atoms with van der Waals surface area (Å²) in [6.45, 7) is -1.15. The summed E-state index contributed by atoms with van der Waals surface area (Å²) in [5, 5.41) is 6.64. The van der Waals surface area contributed by atoms with Gasteiger partial charge in [0.1, 0.15) is 0 Å². The number of likely N-dealkylation sites (N-methyl/N-ethyl adjacent to an activating group) is 1. The van der Waals surface area contributed by atoms with Crippen molar-refractivity contribution in [1.29, 1.82) is 0 Å². The Labute approximate surface area is 120 Å². The fraction of sp³-hybridized carbons (Fsp3) is 0.583. The lowest BCUT2D eigenvalue weighted by molar-refractivity contribution is -0.128. The Morgan fingerprint density at radius 2 is 2.15 bits per heavy atom. The monoisotopic (exact) mass is 309 g/mol. The summed E-state index contributed by atoms with van der Waals surface area (Å²) < 4.78 is 35.7. The van der Waals surface area contributed by atoms with Crippen LogP contribution in [0.1, 0.15) is 10.9 Å². The van der Waals surface area contributed by atoms with Crippen molar-refractivity contribution in [2.24, 2.45) is 0 Å². The van der Waals surface area contributed by atoms with Gasteiger partial charge in [-0.1, -0.05) is 6.07 Å². The van der Waals surface area contributed by atoms with Crippen LogP contribution in [-0.2, 0) is 4.79 Å². The summed E-state index contributed by atoms with van der Waals surface area (Å²) in [5.74, 6) is -0.447. The quantitative estimate of drug-likeness (QED) is 0.804. The number of carbonyl (C=O) groups excluding carboxylic acids is 1. The minimum atomic E-state index is -4.30. The molecule has 20 heavy (non-hydrogen) atoms. The number of hydrogen-bond donors (Lipinski definition) is 2. The molecule has 0 radical (unpaired) electrons. The smallest absolute Gasteiger partial charge is 0.353 e. The average molecular weight is 309 g/mol. The van der Waals surface area contributed by atoms with E-state index < -0.39 is 18.6 Å². The molecule has 0 aromatic carbocycles. The van der Waals surface area contributed by atoms with Crippen LogP contribution in [0.5, 0.6) is 0 Å². The van der Waals surface area contributed by atoms with Gasteiger partial charge in [0.15, 0.2) is 0 Å². The largest absolute Gasteiger partial charge is 0.401 e. The molecule has 0 aliphatic rings. The Hall–Kier alpha value is -1.12. The molecule has 1 atom stereocenters. The maximum absolute atomic E-state index is 11.9. The number of nitrogens with zero attached hydrogens (tertiary/aromatic N) is 1. The predicted molar refractivity (Wildman–Crippen MR) is 72.7 cm³/mol. The molecule has 114 valence electrons. The highest BCUT2D eigenvalue weighted by Crippen LogP contribution is 2.22. The van der Waals surface area contributed by atoms with Crippen LogP contribution < -0.4 is 10.6 Å². The topological polar surface area (TPSA) is 44.4 Å². The number of halogens is 3. The molecule has 4 nitrogen and oxygen atoms in total. The summed E-state index contributed by atoms with van der Waals surface area (Å²) in [6.07, 6.45) is -4.30. The van der Waals surface area contributed by atoms with Crippen LogP contribution in [0.2, 0.25) is 0 Å². The van der Waals surface area contributed by atoms with Crippen LogP contribution in [0.15, 0.2) is 17.5 Å². The Morgan fingerprint density at radius 1 is 1.45 bits per heavy atom. The van der Waals surface area contributed by atoms with E-state index in [2.05, 4.69) is 10.6 Å². The van der Waals surface area contributed by atoms with Gasteiger partial charge < -0.3 is 15.5 Å². The van der Waals surface area contributed by atoms with Crippen LogP contribution >= 0.6 is 11.3 Å². The molecular weight excluding hydrogens is 291 g/mol. The number of nitrogens with one attached hydrogen (secondary N) is 2. The molecule has 0 saturated carbocycles. The number of rotatable bonds is 7.